The summed E-state index contributed by atoms with van der Waals surface area (Å²) < 4.78 is 9.84. The van der Waals surface area contributed by atoms with Gasteiger partial charge in [-0.1, -0.05) is 196 Å². The van der Waals surface area contributed by atoms with E-state index in [4.69, 9.17) is 4.42 Å². The van der Waals surface area contributed by atoms with E-state index >= 15 is 0 Å². The third kappa shape index (κ3) is 7.47. The zero-order chi connectivity index (χ0) is 54.5. The maximum atomic E-state index is 7.39. The molecular formula is C77H54N4O. The third-order valence-electron chi connectivity index (χ3n) is 17.1. The van der Waals surface area contributed by atoms with E-state index in [-0.39, 0.29) is 5.41 Å². The summed E-state index contributed by atoms with van der Waals surface area (Å²) in [6.45, 7) is 4.71. The van der Waals surface area contributed by atoms with Crippen molar-refractivity contribution in [2.45, 2.75) is 19.3 Å². The molecule has 0 amide bonds. The Morgan fingerprint density at radius 1 is 0.305 bits per heavy atom. The van der Waals surface area contributed by atoms with Crippen molar-refractivity contribution in [3.8, 4) is 16.8 Å². The molecule has 388 valence electrons. The molecule has 16 rings (SSSR count). The van der Waals surface area contributed by atoms with E-state index in [2.05, 4.69) is 324 Å². The van der Waals surface area contributed by atoms with E-state index in [0.29, 0.717) is 0 Å². The molecule has 5 heteroatoms. The van der Waals surface area contributed by atoms with Crippen LogP contribution in [-0.2, 0) is 5.41 Å². The minimum atomic E-state index is -0.168. The van der Waals surface area contributed by atoms with Crippen LogP contribution in [0.3, 0.4) is 0 Å². The van der Waals surface area contributed by atoms with Gasteiger partial charge in [0, 0.05) is 77.5 Å². The smallest absolute Gasteiger partial charge is 0.159 e. The average molecular weight is 1050 g/mol. The molecule has 2 heterocycles. The lowest BCUT2D eigenvalue weighted by molar-refractivity contribution is 0.660. The number of benzene rings is 13. The molecule has 0 saturated heterocycles. The van der Waals surface area contributed by atoms with Gasteiger partial charge in [-0.15, -0.1) is 0 Å². The summed E-state index contributed by atoms with van der Waals surface area (Å²) in [4.78, 5) is 7.21. The number of fused-ring (bicyclic) bond motifs is 11. The first kappa shape index (κ1) is 47.4. The molecule has 1 aliphatic carbocycles. The highest BCUT2D eigenvalue weighted by atomic mass is 16.3. The first-order chi connectivity index (χ1) is 40.4. The molecule has 2 aromatic heterocycles. The van der Waals surface area contributed by atoms with Crippen molar-refractivity contribution < 1.29 is 4.42 Å². The van der Waals surface area contributed by atoms with Gasteiger partial charge in [0.15, 0.2) is 5.58 Å². The second kappa shape index (κ2) is 18.8. The van der Waals surface area contributed by atoms with Crippen LogP contribution in [0.2, 0.25) is 0 Å². The maximum absolute atomic E-state index is 7.39. The number of aromatic nitrogens is 1. The number of hydrogen-bond donors (Lipinski definition) is 0. The molecule has 82 heavy (non-hydrogen) atoms. The highest BCUT2D eigenvalue weighted by Gasteiger charge is 2.36. The van der Waals surface area contributed by atoms with Crippen molar-refractivity contribution in [2.24, 2.45) is 0 Å². The number of anilines is 9. The summed E-state index contributed by atoms with van der Waals surface area (Å²) in [6, 6.07) is 106. The van der Waals surface area contributed by atoms with Crippen LogP contribution in [0.4, 0.5) is 51.2 Å². The lowest BCUT2D eigenvalue weighted by atomic mass is 9.82. The van der Waals surface area contributed by atoms with Crippen LogP contribution in [0.15, 0.2) is 296 Å². The first-order valence-corrected chi connectivity index (χ1v) is 28.2. The van der Waals surface area contributed by atoms with Gasteiger partial charge in [-0.3, -0.25) is 0 Å². The largest absolute Gasteiger partial charge is 0.454 e. The standard InChI is InChI=1S/C77H54N4O/c1-77(2)68-36-18-16-34-62(68)63-43-40-57(48-69(63)77)78(53-26-6-3-7-27-53)56-42-45-75-66(46-56)67-47-59(80(55-30-10-5-11-31-55)70-38-20-24-51-22-12-14-32-60(51)70)50-74(76(67)82-75)79(54-28-8-4-9-29-54)58-41-44-65-64-35-17-19-37-72(64)81(73(65)49-58)71-39-21-25-52-23-13-15-33-61(52)71/h3-50H,1-2H3. The van der Waals surface area contributed by atoms with Gasteiger partial charge in [-0.2, -0.15) is 0 Å². The summed E-state index contributed by atoms with van der Waals surface area (Å²) in [5.41, 5.74) is 19.3. The molecule has 0 spiro atoms. The van der Waals surface area contributed by atoms with Crippen molar-refractivity contribution >= 4 is 116 Å². The van der Waals surface area contributed by atoms with Crippen molar-refractivity contribution in [1.82, 2.24) is 4.57 Å². The second-order valence-corrected chi connectivity index (χ2v) is 22.1. The molecule has 0 saturated carbocycles. The first-order valence-electron chi connectivity index (χ1n) is 28.2. The van der Waals surface area contributed by atoms with Gasteiger partial charge in [0.25, 0.3) is 0 Å². The Bertz CT molecular complexity index is 4970. The lowest BCUT2D eigenvalue weighted by Crippen LogP contribution is -2.16. The van der Waals surface area contributed by atoms with E-state index in [9.17, 15) is 0 Å². The Morgan fingerprint density at radius 2 is 0.829 bits per heavy atom. The molecule has 1 aliphatic rings. The van der Waals surface area contributed by atoms with Gasteiger partial charge in [0.2, 0.25) is 0 Å². The Kier molecular flexibility index (Phi) is 10.8. The van der Waals surface area contributed by atoms with Gasteiger partial charge in [-0.25, -0.2) is 0 Å². The van der Waals surface area contributed by atoms with Crippen LogP contribution in [0.5, 0.6) is 0 Å². The number of furan rings is 1. The van der Waals surface area contributed by atoms with E-state index in [1.807, 2.05) is 0 Å². The molecule has 0 unspecified atom stereocenters. The van der Waals surface area contributed by atoms with E-state index in [0.717, 1.165) is 95.2 Å². The minimum absolute atomic E-state index is 0.168. The summed E-state index contributed by atoms with van der Waals surface area (Å²) in [7, 11) is 0. The second-order valence-electron chi connectivity index (χ2n) is 22.1. The van der Waals surface area contributed by atoms with Crippen LogP contribution in [0.25, 0.3) is 82.1 Å². The minimum Gasteiger partial charge on any atom is -0.454 e. The van der Waals surface area contributed by atoms with Crippen molar-refractivity contribution in [3.63, 3.8) is 0 Å². The monoisotopic (exact) mass is 1050 g/mol. The molecule has 0 atom stereocenters. The highest BCUT2D eigenvalue weighted by molar-refractivity contribution is 6.16. The van der Waals surface area contributed by atoms with Crippen molar-refractivity contribution in [3.05, 3.63) is 302 Å². The van der Waals surface area contributed by atoms with Crippen LogP contribution in [0, 0.1) is 0 Å². The molecule has 0 aliphatic heterocycles. The molecule has 13 aromatic carbocycles. The van der Waals surface area contributed by atoms with E-state index in [1.54, 1.807) is 0 Å². The zero-order valence-electron chi connectivity index (χ0n) is 45.4. The summed E-state index contributed by atoms with van der Waals surface area (Å²) in [6.07, 6.45) is 0. The fourth-order valence-corrected chi connectivity index (χ4v) is 13.3. The molecule has 5 nitrogen and oxygen atoms in total. The SMILES string of the molecule is CC1(C)c2ccccc2-c2ccc(N(c3ccccc3)c3ccc4oc5c(N(c6ccccc6)c6ccc7c8ccccc8n(-c8cccc9ccccc89)c7c6)cc(N(c6ccccc6)c6cccc7ccccc67)cc5c4c3)cc21. The van der Waals surface area contributed by atoms with Gasteiger partial charge in [0.1, 0.15) is 5.58 Å². The van der Waals surface area contributed by atoms with E-state index < -0.39 is 0 Å². The third-order valence-corrected chi connectivity index (χ3v) is 17.1. The van der Waals surface area contributed by atoms with Crippen molar-refractivity contribution in [1.29, 1.82) is 0 Å². The Labute approximate surface area is 476 Å². The highest BCUT2D eigenvalue weighted by Crippen LogP contribution is 2.53. The number of hydrogen-bond acceptors (Lipinski definition) is 4. The summed E-state index contributed by atoms with van der Waals surface area (Å²) >= 11 is 0. The van der Waals surface area contributed by atoms with Gasteiger partial charge in [-0.05, 0) is 142 Å². The molecule has 0 fully saturated rings. The normalized spacial score (nSPS) is 12.6. The van der Waals surface area contributed by atoms with Gasteiger partial charge < -0.3 is 23.7 Å². The van der Waals surface area contributed by atoms with Crippen LogP contribution < -0.4 is 14.7 Å². The topological polar surface area (TPSA) is 27.8 Å². The maximum Gasteiger partial charge on any atom is 0.159 e. The lowest BCUT2D eigenvalue weighted by Gasteiger charge is -2.30. The number of nitrogens with zero attached hydrogens (tertiary/aromatic N) is 4. The fourth-order valence-electron chi connectivity index (χ4n) is 13.3. The average Bonchev–Trinajstić information content (AvgIpc) is 3.45. The van der Waals surface area contributed by atoms with Crippen LogP contribution >= 0.6 is 0 Å². The molecule has 0 radical (unpaired) electrons. The quantitative estimate of drug-likeness (QED) is 0.136. The Balaban J connectivity index is 0.971. The predicted octanol–water partition coefficient (Wildman–Crippen LogP) is 21.7. The van der Waals surface area contributed by atoms with E-state index in [1.165, 1.54) is 49.2 Å². The fraction of sp³-hybridized carbons (Fsp3) is 0.0390. The summed E-state index contributed by atoms with van der Waals surface area (Å²) in [5, 5.41) is 9.10. The molecule has 15 aromatic rings. The molecule has 0 bridgehead atoms. The Morgan fingerprint density at radius 3 is 1.59 bits per heavy atom. The Hall–Kier alpha value is -10.6. The molecular weight excluding hydrogens is 997 g/mol. The van der Waals surface area contributed by atoms with Crippen molar-refractivity contribution in [2.75, 3.05) is 14.7 Å². The zero-order valence-corrected chi connectivity index (χ0v) is 45.4. The molecule has 0 N–H and O–H groups in total. The number of rotatable bonds is 10. The van der Waals surface area contributed by atoms with Crippen LogP contribution in [-0.4, -0.2) is 4.57 Å². The van der Waals surface area contributed by atoms with Crippen LogP contribution in [0.1, 0.15) is 25.0 Å². The van der Waals surface area contributed by atoms with Gasteiger partial charge >= 0.3 is 0 Å². The van der Waals surface area contributed by atoms with Gasteiger partial charge in [0.05, 0.1) is 28.1 Å². The summed E-state index contributed by atoms with van der Waals surface area (Å²) in [5.74, 6) is 0. The number of para-hydroxylation sites is 4. The predicted molar refractivity (Wildman–Crippen MR) is 345 cm³/mol.